The quantitative estimate of drug-likeness (QED) is 0.156. The van der Waals surface area contributed by atoms with Crippen molar-refractivity contribution in [3.05, 3.63) is 39.3 Å². The summed E-state index contributed by atoms with van der Waals surface area (Å²) < 4.78 is 27.5. The van der Waals surface area contributed by atoms with Gasteiger partial charge in [0.2, 0.25) is 6.79 Å². The Kier molecular flexibility index (Phi) is 8.76. The summed E-state index contributed by atoms with van der Waals surface area (Å²) in [6.45, 7) is 1.18. The minimum Gasteiger partial charge on any atom is -0.454 e. The normalized spacial score (nSPS) is 11.2. The summed E-state index contributed by atoms with van der Waals surface area (Å²) in [5, 5.41) is 0. The molecule has 3 rings (SSSR count). The maximum atomic E-state index is 11.8. The number of halogens is 2. The van der Waals surface area contributed by atoms with Gasteiger partial charge in [-0.2, -0.15) is 0 Å². The van der Waals surface area contributed by atoms with Crippen LogP contribution in [0, 0.1) is 0 Å². The van der Waals surface area contributed by atoms with E-state index in [2.05, 4.69) is 41.8 Å². The fraction of sp³-hybridized carbons (Fsp3) is 0.350. The van der Waals surface area contributed by atoms with E-state index in [1.54, 1.807) is 7.11 Å². The van der Waals surface area contributed by atoms with Crippen LogP contribution in [0.15, 0.2) is 39.3 Å². The minimum atomic E-state index is -0.541. The topological polar surface area (TPSA) is 89.0 Å². The first-order chi connectivity index (χ1) is 14.6. The molecule has 0 spiro atoms. The number of aromatic nitrogens is 2. The number of rotatable bonds is 11. The molecule has 1 heterocycles. The number of carbonyl (C=O) groups excluding carboxylic acids is 1. The molecule has 0 radical (unpaired) electrons. The molecule has 0 bridgehead atoms. The van der Waals surface area contributed by atoms with Crippen LogP contribution in [0.2, 0.25) is 0 Å². The molecule has 160 valence electrons. The Bertz CT molecular complexity index is 1020. The lowest BCUT2D eigenvalue weighted by atomic mass is 10.2. The molecule has 3 aromatic rings. The van der Waals surface area contributed by atoms with Crippen molar-refractivity contribution in [1.29, 1.82) is 0 Å². The van der Waals surface area contributed by atoms with E-state index in [1.807, 2.05) is 30.3 Å². The monoisotopic (exact) mass is 542 g/mol. The highest BCUT2D eigenvalue weighted by Crippen LogP contribution is 2.37. The van der Waals surface area contributed by atoms with E-state index in [-0.39, 0.29) is 20.0 Å². The Labute approximate surface area is 190 Å². The van der Waals surface area contributed by atoms with Gasteiger partial charge in [-0.3, -0.25) is 0 Å². The van der Waals surface area contributed by atoms with Crippen LogP contribution in [0.4, 0.5) is 0 Å². The number of fused-ring (bicyclic) bond motifs is 2. The second-order valence-corrected chi connectivity index (χ2v) is 7.72. The molecule has 0 atom stereocenters. The molecule has 0 aliphatic rings. The van der Waals surface area contributed by atoms with Gasteiger partial charge < -0.3 is 23.7 Å². The Balaban J connectivity index is 1.57. The molecule has 0 fully saturated rings. The van der Waals surface area contributed by atoms with Crippen molar-refractivity contribution in [2.24, 2.45) is 0 Å². The standard InChI is InChI=1S/C20H20Br2N2O6/c1-26-6-7-27-8-9-28-11-17(25)29-12-30-20-14(22)10-13(21)18-19(20)24-16-5-3-2-4-15(16)23-18/h2-5,10H,6-9,11-12H2,1H3. The van der Waals surface area contributed by atoms with Crippen LogP contribution in [0.25, 0.3) is 22.1 Å². The predicted octanol–water partition coefficient (Wildman–Crippen LogP) is 3.87. The van der Waals surface area contributed by atoms with Gasteiger partial charge in [0.1, 0.15) is 17.6 Å². The van der Waals surface area contributed by atoms with Crippen LogP contribution in [0.1, 0.15) is 0 Å². The molecule has 10 heteroatoms. The second-order valence-electron chi connectivity index (χ2n) is 6.02. The number of para-hydroxylation sites is 2. The lowest BCUT2D eigenvalue weighted by Gasteiger charge is -2.13. The first-order valence-corrected chi connectivity index (χ1v) is 10.7. The van der Waals surface area contributed by atoms with Crippen molar-refractivity contribution in [1.82, 2.24) is 9.97 Å². The molecule has 2 aromatic carbocycles. The summed E-state index contributed by atoms with van der Waals surface area (Å²) in [4.78, 5) is 21.1. The van der Waals surface area contributed by atoms with Crippen molar-refractivity contribution in [2.75, 3.05) is 46.9 Å². The van der Waals surface area contributed by atoms with Crippen molar-refractivity contribution in [3.63, 3.8) is 0 Å². The Hall–Kier alpha value is -1.85. The maximum Gasteiger partial charge on any atom is 0.334 e. The third-order valence-corrected chi connectivity index (χ3v) is 5.12. The molecule has 0 aliphatic carbocycles. The third-order valence-electron chi connectivity index (χ3n) is 3.93. The highest BCUT2D eigenvalue weighted by atomic mass is 79.9. The van der Waals surface area contributed by atoms with Crippen LogP contribution < -0.4 is 4.74 Å². The molecular formula is C20H20Br2N2O6. The van der Waals surface area contributed by atoms with E-state index in [4.69, 9.17) is 23.7 Å². The Morgan fingerprint density at radius 1 is 0.933 bits per heavy atom. The van der Waals surface area contributed by atoms with E-state index in [1.165, 1.54) is 0 Å². The van der Waals surface area contributed by atoms with E-state index in [0.717, 1.165) is 15.5 Å². The number of benzene rings is 2. The highest BCUT2D eigenvalue weighted by molar-refractivity contribution is 9.11. The molecule has 0 saturated heterocycles. The van der Waals surface area contributed by atoms with Crippen LogP contribution in [0.3, 0.4) is 0 Å². The molecule has 8 nitrogen and oxygen atoms in total. The largest absolute Gasteiger partial charge is 0.454 e. The summed E-state index contributed by atoms with van der Waals surface area (Å²) in [6.07, 6.45) is 0. The first kappa shape index (κ1) is 22.8. The van der Waals surface area contributed by atoms with E-state index in [0.29, 0.717) is 41.1 Å². The van der Waals surface area contributed by atoms with Crippen molar-refractivity contribution in [3.8, 4) is 5.75 Å². The van der Waals surface area contributed by atoms with Gasteiger partial charge in [0.05, 0.1) is 41.9 Å². The SMILES string of the molecule is COCCOCCOCC(=O)OCOc1c(Br)cc(Br)c2nc3ccccc3nc12. The maximum absolute atomic E-state index is 11.8. The number of hydrogen-bond donors (Lipinski definition) is 0. The molecule has 1 aromatic heterocycles. The molecule has 0 aliphatic heterocycles. The summed E-state index contributed by atoms with van der Waals surface area (Å²) in [7, 11) is 1.60. The van der Waals surface area contributed by atoms with Crippen molar-refractivity contribution < 1.29 is 28.5 Å². The van der Waals surface area contributed by atoms with E-state index in [9.17, 15) is 4.79 Å². The number of methoxy groups -OCH3 is 1. The summed E-state index contributed by atoms with van der Waals surface area (Å²) >= 11 is 6.97. The van der Waals surface area contributed by atoms with E-state index < -0.39 is 5.97 Å². The lowest BCUT2D eigenvalue weighted by Crippen LogP contribution is -2.18. The predicted molar refractivity (Wildman–Crippen MR) is 118 cm³/mol. The van der Waals surface area contributed by atoms with Gasteiger partial charge in [-0.25, -0.2) is 14.8 Å². The molecule has 0 amide bonds. The molecule has 30 heavy (non-hydrogen) atoms. The smallest absolute Gasteiger partial charge is 0.334 e. The number of ether oxygens (including phenoxy) is 5. The Morgan fingerprint density at radius 3 is 2.33 bits per heavy atom. The van der Waals surface area contributed by atoms with Gasteiger partial charge in [-0.15, -0.1) is 0 Å². The van der Waals surface area contributed by atoms with Crippen molar-refractivity contribution in [2.45, 2.75) is 0 Å². The molecule has 0 unspecified atom stereocenters. The van der Waals surface area contributed by atoms with Gasteiger partial charge in [-0.05, 0) is 50.1 Å². The third kappa shape index (κ3) is 6.08. The number of nitrogens with zero attached hydrogens (tertiary/aromatic N) is 2. The number of hydrogen-bond acceptors (Lipinski definition) is 8. The summed E-state index contributed by atoms with van der Waals surface area (Å²) in [5.41, 5.74) is 2.71. The van der Waals surface area contributed by atoms with Crippen molar-refractivity contribution >= 4 is 59.9 Å². The molecule has 0 saturated carbocycles. The van der Waals surface area contributed by atoms with Crippen LogP contribution >= 0.6 is 31.9 Å². The Morgan fingerprint density at radius 2 is 1.60 bits per heavy atom. The molecular weight excluding hydrogens is 524 g/mol. The zero-order valence-electron chi connectivity index (χ0n) is 16.2. The average Bonchev–Trinajstić information content (AvgIpc) is 2.74. The summed E-state index contributed by atoms with van der Waals surface area (Å²) in [6, 6.07) is 9.37. The van der Waals surface area contributed by atoms with Gasteiger partial charge in [-0.1, -0.05) is 12.1 Å². The van der Waals surface area contributed by atoms with Crippen LogP contribution in [-0.2, 0) is 23.7 Å². The van der Waals surface area contributed by atoms with Gasteiger partial charge in [0.25, 0.3) is 0 Å². The minimum absolute atomic E-state index is 0.191. The van der Waals surface area contributed by atoms with Gasteiger partial charge in [0, 0.05) is 11.6 Å². The highest BCUT2D eigenvalue weighted by Gasteiger charge is 2.15. The number of carbonyl (C=O) groups is 1. The zero-order valence-corrected chi connectivity index (χ0v) is 19.4. The second kappa shape index (κ2) is 11.5. The van der Waals surface area contributed by atoms with E-state index >= 15 is 0 Å². The zero-order chi connectivity index (χ0) is 21.3. The lowest BCUT2D eigenvalue weighted by molar-refractivity contribution is -0.156. The van der Waals surface area contributed by atoms with Gasteiger partial charge in [0.15, 0.2) is 5.75 Å². The van der Waals surface area contributed by atoms with Crippen LogP contribution in [0.5, 0.6) is 5.75 Å². The first-order valence-electron chi connectivity index (χ1n) is 9.07. The number of esters is 1. The van der Waals surface area contributed by atoms with Gasteiger partial charge >= 0.3 is 5.97 Å². The van der Waals surface area contributed by atoms with Crippen LogP contribution in [-0.4, -0.2) is 62.9 Å². The fourth-order valence-electron chi connectivity index (χ4n) is 2.53. The summed E-state index contributed by atoms with van der Waals surface area (Å²) in [5.74, 6) is -0.104. The average molecular weight is 544 g/mol. The molecule has 0 N–H and O–H groups in total. The fourth-order valence-corrected chi connectivity index (χ4v) is 3.88.